The minimum Gasteiger partial charge on any atom is -0.497 e. The first-order valence-corrected chi connectivity index (χ1v) is 8.76. The first-order chi connectivity index (χ1) is 12.5. The first kappa shape index (κ1) is 18.2. The number of piperazine rings is 1. The third-order valence-corrected chi connectivity index (χ3v) is 5.38. The molecule has 8 heteroatoms. The van der Waals surface area contributed by atoms with Gasteiger partial charge in [-0.2, -0.15) is 0 Å². The third-order valence-electron chi connectivity index (χ3n) is 4.05. The van der Waals surface area contributed by atoms with E-state index in [1.807, 2.05) is 30.3 Å². The Bertz CT molecular complexity index is 784. The normalized spacial score (nSPS) is 18.8. The first-order valence-electron chi connectivity index (χ1n) is 7.88. The molecule has 2 aromatic rings. The molecule has 2 amide bonds. The number of carbonyl (C=O) groups is 2. The van der Waals surface area contributed by atoms with Gasteiger partial charge in [0, 0.05) is 4.90 Å². The second-order valence-electron chi connectivity index (χ2n) is 5.70. The van der Waals surface area contributed by atoms with Crippen molar-refractivity contribution in [2.45, 2.75) is 16.2 Å². The van der Waals surface area contributed by atoms with Gasteiger partial charge in [0.2, 0.25) is 0 Å². The van der Waals surface area contributed by atoms with Crippen molar-refractivity contribution < 1.29 is 24.7 Å². The van der Waals surface area contributed by atoms with Crippen molar-refractivity contribution in [1.82, 2.24) is 10.1 Å². The van der Waals surface area contributed by atoms with Gasteiger partial charge >= 0.3 is 0 Å². The lowest BCUT2D eigenvalue weighted by Gasteiger charge is -2.37. The molecule has 2 unspecified atom stereocenters. The highest BCUT2D eigenvalue weighted by Crippen LogP contribution is 2.41. The van der Waals surface area contributed by atoms with E-state index in [2.05, 4.69) is 0 Å². The summed E-state index contributed by atoms with van der Waals surface area (Å²) in [5.41, 5.74) is 0.708. The molecule has 136 valence electrons. The summed E-state index contributed by atoms with van der Waals surface area (Å²) >= 11 is 1.32. The van der Waals surface area contributed by atoms with E-state index in [0.29, 0.717) is 21.4 Å². The molecule has 1 aliphatic heterocycles. The zero-order valence-electron chi connectivity index (χ0n) is 14.0. The minimum absolute atomic E-state index is 0.349. The summed E-state index contributed by atoms with van der Waals surface area (Å²) in [5, 5.41) is 20.1. The molecule has 1 fully saturated rings. The predicted octanol–water partition coefficient (Wildman–Crippen LogP) is 2.35. The van der Waals surface area contributed by atoms with Crippen LogP contribution in [0.5, 0.6) is 5.75 Å². The molecule has 2 N–H and O–H groups in total. The SMILES string of the molecule is COc1ccc(C(Sc2ccccc2)C2C(=O)N(O)CC(=O)N2O)cc1. The van der Waals surface area contributed by atoms with Crippen LogP contribution in [0.4, 0.5) is 0 Å². The Morgan fingerprint density at radius 3 is 2.35 bits per heavy atom. The number of methoxy groups -OCH3 is 1. The van der Waals surface area contributed by atoms with Crippen molar-refractivity contribution in [1.29, 1.82) is 0 Å². The van der Waals surface area contributed by atoms with Crippen LogP contribution in [0.3, 0.4) is 0 Å². The molecule has 0 aliphatic carbocycles. The lowest BCUT2D eigenvalue weighted by atomic mass is 10.0. The van der Waals surface area contributed by atoms with E-state index >= 15 is 0 Å². The van der Waals surface area contributed by atoms with Gasteiger partial charge in [0.05, 0.1) is 12.4 Å². The number of nitrogens with zero attached hydrogens (tertiary/aromatic N) is 2. The number of ether oxygens (including phenoxy) is 1. The fourth-order valence-electron chi connectivity index (χ4n) is 2.70. The van der Waals surface area contributed by atoms with Crippen molar-refractivity contribution >= 4 is 23.6 Å². The van der Waals surface area contributed by atoms with E-state index in [1.54, 1.807) is 31.4 Å². The van der Waals surface area contributed by atoms with E-state index in [1.165, 1.54) is 11.8 Å². The average molecular weight is 374 g/mol. The van der Waals surface area contributed by atoms with Crippen molar-refractivity contribution in [2.24, 2.45) is 0 Å². The van der Waals surface area contributed by atoms with Gasteiger partial charge in [-0.05, 0) is 29.8 Å². The van der Waals surface area contributed by atoms with Crippen LogP contribution >= 0.6 is 11.8 Å². The summed E-state index contributed by atoms with van der Waals surface area (Å²) in [6.45, 7) is -0.572. The third kappa shape index (κ3) is 3.67. The Kier molecular flexibility index (Phi) is 5.46. The van der Waals surface area contributed by atoms with E-state index in [9.17, 15) is 20.0 Å². The van der Waals surface area contributed by atoms with Gasteiger partial charge in [-0.25, -0.2) is 10.1 Å². The van der Waals surface area contributed by atoms with Crippen molar-refractivity contribution in [3.8, 4) is 5.75 Å². The standard InChI is InChI=1S/C18H18N2O5S/c1-25-13-9-7-12(8-10-13)17(26-14-5-3-2-4-6-14)16-18(22)19(23)11-15(21)20(16)24/h2-10,16-17,23-24H,11H2,1H3. The summed E-state index contributed by atoms with van der Waals surface area (Å²) in [5.74, 6) is -0.839. The number of amides is 2. The van der Waals surface area contributed by atoms with Crippen molar-refractivity contribution in [2.75, 3.05) is 13.7 Å². The maximum atomic E-state index is 12.5. The Morgan fingerprint density at radius 2 is 1.73 bits per heavy atom. The number of hydrogen-bond donors (Lipinski definition) is 2. The zero-order chi connectivity index (χ0) is 18.7. The van der Waals surface area contributed by atoms with Gasteiger partial charge in [-0.15, -0.1) is 11.8 Å². The average Bonchev–Trinajstić information content (AvgIpc) is 2.67. The van der Waals surface area contributed by atoms with Gasteiger partial charge in [0.15, 0.2) is 6.04 Å². The van der Waals surface area contributed by atoms with Crippen LogP contribution in [0, 0.1) is 0 Å². The van der Waals surface area contributed by atoms with Crippen LogP contribution in [0.15, 0.2) is 59.5 Å². The topological polar surface area (TPSA) is 90.3 Å². The van der Waals surface area contributed by atoms with Gasteiger partial charge in [0.1, 0.15) is 12.3 Å². The Morgan fingerprint density at radius 1 is 1.08 bits per heavy atom. The smallest absolute Gasteiger partial charge is 0.273 e. The lowest BCUT2D eigenvalue weighted by molar-refractivity contribution is -0.218. The molecule has 0 radical (unpaired) electrons. The predicted molar refractivity (Wildman–Crippen MR) is 94.0 cm³/mol. The maximum absolute atomic E-state index is 12.5. The van der Waals surface area contributed by atoms with Crippen LogP contribution < -0.4 is 4.74 Å². The van der Waals surface area contributed by atoms with Gasteiger partial charge in [-0.1, -0.05) is 30.3 Å². The molecule has 26 heavy (non-hydrogen) atoms. The van der Waals surface area contributed by atoms with Crippen LogP contribution in [0.25, 0.3) is 0 Å². The van der Waals surface area contributed by atoms with Crippen molar-refractivity contribution in [3.63, 3.8) is 0 Å². The molecular weight excluding hydrogens is 356 g/mol. The second kappa shape index (κ2) is 7.77. The Hall–Kier alpha value is -2.55. The molecule has 7 nitrogen and oxygen atoms in total. The molecule has 2 aromatic carbocycles. The van der Waals surface area contributed by atoms with Crippen LogP contribution in [0.1, 0.15) is 10.8 Å². The van der Waals surface area contributed by atoms with Gasteiger partial charge < -0.3 is 4.74 Å². The Balaban J connectivity index is 2.00. The highest BCUT2D eigenvalue weighted by atomic mass is 32.2. The summed E-state index contributed by atoms with van der Waals surface area (Å²) in [4.78, 5) is 25.3. The van der Waals surface area contributed by atoms with Crippen LogP contribution in [-0.4, -0.2) is 52.1 Å². The lowest BCUT2D eigenvalue weighted by Crippen LogP contribution is -2.59. The Labute approximate surface area is 154 Å². The minimum atomic E-state index is -1.25. The number of rotatable bonds is 5. The van der Waals surface area contributed by atoms with Crippen molar-refractivity contribution in [3.05, 3.63) is 60.2 Å². The zero-order valence-corrected chi connectivity index (χ0v) is 14.8. The van der Waals surface area contributed by atoms with E-state index in [0.717, 1.165) is 4.90 Å². The fourth-order valence-corrected chi connectivity index (χ4v) is 3.96. The molecule has 0 bridgehead atoms. The van der Waals surface area contributed by atoms with E-state index in [4.69, 9.17) is 4.74 Å². The largest absolute Gasteiger partial charge is 0.497 e. The van der Waals surface area contributed by atoms with Crippen LogP contribution in [0.2, 0.25) is 0 Å². The van der Waals surface area contributed by atoms with E-state index < -0.39 is 29.7 Å². The number of benzene rings is 2. The van der Waals surface area contributed by atoms with Crippen LogP contribution in [-0.2, 0) is 9.59 Å². The molecule has 1 aliphatic rings. The fraction of sp³-hybridized carbons (Fsp3) is 0.222. The molecule has 1 heterocycles. The molecule has 2 atom stereocenters. The van der Waals surface area contributed by atoms with Gasteiger partial charge in [-0.3, -0.25) is 20.0 Å². The monoisotopic (exact) mass is 374 g/mol. The highest BCUT2D eigenvalue weighted by Gasteiger charge is 2.44. The maximum Gasteiger partial charge on any atom is 0.273 e. The van der Waals surface area contributed by atoms with E-state index in [-0.39, 0.29) is 0 Å². The quantitative estimate of drug-likeness (QED) is 0.617. The number of thioether (sulfide) groups is 1. The second-order valence-corrected chi connectivity index (χ2v) is 6.92. The number of hydrogen-bond acceptors (Lipinski definition) is 6. The molecule has 0 aromatic heterocycles. The number of hydroxylamine groups is 4. The molecule has 1 saturated heterocycles. The number of carbonyl (C=O) groups excluding carboxylic acids is 2. The summed E-state index contributed by atoms with van der Waals surface area (Å²) in [6.07, 6.45) is 0. The summed E-state index contributed by atoms with van der Waals surface area (Å²) in [6, 6.07) is 15.1. The molecule has 0 spiro atoms. The van der Waals surface area contributed by atoms with Gasteiger partial charge in [0.25, 0.3) is 11.8 Å². The molecule has 0 saturated carbocycles. The highest BCUT2D eigenvalue weighted by molar-refractivity contribution is 7.99. The molecule has 3 rings (SSSR count). The summed E-state index contributed by atoms with van der Waals surface area (Å²) in [7, 11) is 1.55. The molecular formula is C18H18N2O5S. The summed E-state index contributed by atoms with van der Waals surface area (Å²) < 4.78 is 5.15.